The number of rotatable bonds is 9. The Balaban J connectivity index is 1.25. The Hall–Kier alpha value is -2.02. The van der Waals surface area contributed by atoms with E-state index in [1.807, 2.05) is 0 Å². The Labute approximate surface area is 201 Å². The lowest BCUT2D eigenvalue weighted by Crippen LogP contribution is -2.43. The maximum Gasteiger partial charge on any atom is 0.200 e. The zero-order valence-corrected chi connectivity index (χ0v) is 20.2. The van der Waals surface area contributed by atoms with Gasteiger partial charge in [-0.25, -0.2) is 4.39 Å². The van der Waals surface area contributed by atoms with Gasteiger partial charge in [0, 0.05) is 11.8 Å². The van der Waals surface area contributed by atoms with Crippen molar-refractivity contribution in [1.82, 2.24) is 0 Å². The lowest BCUT2D eigenvalue weighted by Gasteiger charge is -2.37. The summed E-state index contributed by atoms with van der Waals surface area (Å²) in [6, 6.07) is 12.0. The molecule has 0 bridgehead atoms. The van der Waals surface area contributed by atoms with Crippen molar-refractivity contribution in [2.24, 2.45) is 0 Å². The van der Waals surface area contributed by atoms with Crippen LogP contribution in [0.2, 0.25) is 0 Å². The number of unbranched alkanes of at least 4 members (excludes halogenated alkanes) is 2. The lowest BCUT2D eigenvalue weighted by atomic mass is 9.90. The van der Waals surface area contributed by atoms with Gasteiger partial charge in [0.2, 0.25) is 5.82 Å². The molecule has 2 atom stereocenters. The van der Waals surface area contributed by atoms with Crippen LogP contribution in [-0.4, -0.2) is 38.8 Å². The molecule has 2 aromatic rings. The number of hydrogen-bond acceptors (Lipinski definition) is 4. The minimum Gasteiger partial charge on any atom is -0.491 e. The van der Waals surface area contributed by atoms with Crippen LogP contribution in [0.15, 0.2) is 36.4 Å². The zero-order chi connectivity index (χ0) is 23.9. The molecule has 0 N–H and O–H groups in total. The number of aryl methyl sites for hydroxylation is 1. The van der Waals surface area contributed by atoms with Crippen LogP contribution in [-0.2, 0) is 20.6 Å². The van der Waals surface area contributed by atoms with Crippen LogP contribution in [0.4, 0.5) is 8.78 Å². The van der Waals surface area contributed by atoms with Crippen molar-refractivity contribution >= 4 is 0 Å². The molecule has 4 rings (SSSR count). The smallest absolute Gasteiger partial charge is 0.200 e. The summed E-state index contributed by atoms with van der Waals surface area (Å²) in [4.78, 5) is 0. The molecule has 6 heteroatoms. The fraction of sp³-hybridized carbons (Fsp3) is 0.571. The summed E-state index contributed by atoms with van der Waals surface area (Å²) in [6.45, 7) is 5.39. The van der Waals surface area contributed by atoms with Crippen molar-refractivity contribution in [3.8, 4) is 5.75 Å². The largest absolute Gasteiger partial charge is 0.491 e. The molecule has 2 aliphatic heterocycles. The molecule has 34 heavy (non-hydrogen) atoms. The predicted octanol–water partition coefficient (Wildman–Crippen LogP) is 6.52. The first-order chi connectivity index (χ1) is 16.6. The second kappa shape index (κ2) is 12.1. The third kappa shape index (κ3) is 5.96. The Morgan fingerprint density at radius 1 is 0.824 bits per heavy atom. The van der Waals surface area contributed by atoms with E-state index in [1.54, 1.807) is 13.0 Å². The van der Waals surface area contributed by atoms with Crippen LogP contribution < -0.4 is 4.74 Å². The SMILES string of the molecule is CCCCCc1ccc(C2CCC(C3OCC(c4ccc(OCC)c(F)c4F)CO3)OC2)cc1. The first-order valence-electron chi connectivity index (χ1n) is 12.6. The average Bonchev–Trinajstić information content (AvgIpc) is 2.88. The van der Waals surface area contributed by atoms with Gasteiger partial charge in [0.1, 0.15) is 6.10 Å². The van der Waals surface area contributed by atoms with Gasteiger partial charge in [0.15, 0.2) is 17.9 Å². The Morgan fingerprint density at radius 3 is 2.21 bits per heavy atom. The molecule has 0 saturated carbocycles. The summed E-state index contributed by atoms with van der Waals surface area (Å²) in [5.41, 5.74) is 2.97. The van der Waals surface area contributed by atoms with Crippen LogP contribution >= 0.6 is 0 Å². The molecule has 2 aliphatic rings. The molecular formula is C28H36F2O4. The highest BCUT2D eigenvalue weighted by molar-refractivity contribution is 5.33. The van der Waals surface area contributed by atoms with E-state index in [-0.39, 0.29) is 43.2 Å². The second-order valence-electron chi connectivity index (χ2n) is 9.29. The van der Waals surface area contributed by atoms with Gasteiger partial charge in [0.25, 0.3) is 0 Å². The number of benzene rings is 2. The summed E-state index contributed by atoms with van der Waals surface area (Å²) in [5, 5.41) is 0. The van der Waals surface area contributed by atoms with E-state index in [9.17, 15) is 8.78 Å². The van der Waals surface area contributed by atoms with Crippen LogP contribution in [0, 0.1) is 11.6 Å². The van der Waals surface area contributed by atoms with Gasteiger partial charge < -0.3 is 18.9 Å². The third-order valence-corrected chi connectivity index (χ3v) is 6.87. The average molecular weight is 475 g/mol. The lowest BCUT2D eigenvalue weighted by molar-refractivity contribution is -0.246. The topological polar surface area (TPSA) is 36.9 Å². The molecule has 2 unspecified atom stereocenters. The fourth-order valence-corrected chi connectivity index (χ4v) is 4.83. The molecule has 4 nitrogen and oxygen atoms in total. The summed E-state index contributed by atoms with van der Waals surface area (Å²) in [6.07, 6.45) is 6.12. The molecule has 0 amide bonds. The van der Waals surface area contributed by atoms with E-state index in [0.29, 0.717) is 12.5 Å². The molecule has 2 heterocycles. The molecule has 2 fully saturated rings. The van der Waals surface area contributed by atoms with Gasteiger partial charge in [-0.3, -0.25) is 0 Å². The van der Waals surface area contributed by atoms with E-state index in [1.165, 1.54) is 36.5 Å². The molecular weight excluding hydrogens is 438 g/mol. The first-order valence-corrected chi connectivity index (χ1v) is 12.6. The monoisotopic (exact) mass is 474 g/mol. The van der Waals surface area contributed by atoms with E-state index >= 15 is 0 Å². The van der Waals surface area contributed by atoms with Gasteiger partial charge in [-0.2, -0.15) is 4.39 Å². The van der Waals surface area contributed by atoms with Gasteiger partial charge in [-0.15, -0.1) is 0 Å². The Kier molecular flexibility index (Phi) is 8.92. The highest BCUT2D eigenvalue weighted by Crippen LogP contribution is 2.34. The fourth-order valence-electron chi connectivity index (χ4n) is 4.83. The van der Waals surface area contributed by atoms with E-state index < -0.39 is 17.9 Å². The van der Waals surface area contributed by atoms with Gasteiger partial charge in [-0.1, -0.05) is 50.1 Å². The van der Waals surface area contributed by atoms with Crippen LogP contribution in [0.3, 0.4) is 0 Å². The van der Waals surface area contributed by atoms with E-state index in [4.69, 9.17) is 18.9 Å². The van der Waals surface area contributed by atoms with Crippen molar-refractivity contribution < 1.29 is 27.7 Å². The van der Waals surface area contributed by atoms with E-state index in [0.717, 1.165) is 19.3 Å². The summed E-state index contributed by atoms with van der Waals surface area (Å²) in [7, 11) is 0. The van der Waals surface area contributed by atoms with Crippen molar-refractivity contribution in [2.75, 3.05) is 26.4 Å². The molecule has 0 aliphatic carbocycles. The normalized spacial score (nSPS) is 25.3. The second-order valence-corrected chi connectivity index (χ2v) is 9.29. The highest BCUT2D eigenvalue weighted by Gasteiger charge is 2.35. The number of hydrogen-bond donors (Lipinski definition) is 0. The molecule has 0 radical (unpaired) electrons. The number of ether oxygens (including phenoxy) is 4. The van der Waals surface area contributed by atoms with Crippen LogP contribution in [0.5, 0.6) is 5.75 Å². The van der Waals surface area contributed by atoms with Crippen molar-refractivity contribution in [1.29, 1.82) is 0 Å². The van der Waals surface area contributed by atoms with Gasteiger partial charge >= 0.3 is 0 Å². The van der Waals surface area contributed by atoms with Crippen molar-refractivity contribution in [3.63, 3.8) is 0 Å². The standard InChI is InChI=1S/C28H36F2O4/c1-3-5-6-7-19-8-10-20(11-9-19)21-12-14-25(32-16-21)28-33-17-22(18-34-28)23-13-15-24(31-4-2)27(30)26(23)29/h8-11,13,15,21-22,25,28H,3-7,12,14,16-18H2,1-2H3. The molecule has 2 saturated heterocycles. The van der Waals surface area contributed by atoms with Crippen LogP contribution in [0.25, 0.3) is 0 Å². The van der Waals surface area contributed by atoms with Crippen molar-refractivity contribution in [3.05, 3.63) is 64.7 Å². The minimum atomic E-state index is -0.961. The minimum absolute atomic E-state index is 0.0736. The first kappa shape index (κ1) is 25.1. The van der Waals surface area contributed by atoms with E-state index in [2.05, 4.69) is 31.2 Å². The maximum atomic E-state index is 14.5. The Morgan fingerprint density at radius 2 is 1.56 bits per heavy atom. The zero-order valence-electron chi connectivity index (χ0n) is 20.2. The third-order valence-electron chi connectivity index (χ3n) is 6.87. The molecule has 0 aromatic heterocycles. The number of halogens is 2. The summed E-state index contributed by atoms with van der Waals surface area (Å²) >= 11 is 0. The predicted molar refractivity (Wildman–Crippen MR) is 127 cm³/mol. The maximum absolute atomic E-state index is 14.5. The summed E-state index contributed by atoms with van der Waals surface area (Å²) in [5.74, 6) is -1.92. The van der Waals surface area contributed by atoms with Gasteiger partial charge in [-0.05, 0) is 55.4 Å². The summed E-state index contributed by atoms with van der Waals surface area (Å²) < 4.78 is 51.8. The highest BCUT2D eigenvalue weighted by atomic mass is 19.2. The molecule has 2 aromatic carbocycles. The van der Waals surface area contributed by atoms with Crippen LogP contribution in [0.1, 0.15) is 74.5 Å². The Bertz CT molecular complexity index is 901. The quantitative estimate of drug-likeness (QED) is 0.388. The molecule has 0 spiro atoms. The van der Waals surface area contributed by atoms with Crippen molar-refractivity contribution in [2.45, 2.75) is 76.6 Å². The molecule has 186 valence electrons. The van der Waals surface area contributed by atoms with Gasteiger partial charge in [0.05, 0.1) is 26.4 Å².